The Kier molecular flexibility index (Phi) is 4.65. The Morgan fingerprint density at radius 3 is 2.87 bits per heavy atom. The first-order chi connectivity index (χ1) is 14.8. The zero-order chi connectivity index (χ0) is 21.9. The summed E-state index contributed by atoms with van der Waals surface area (Å²) in [7, 11) is 0. The molecule has 2 unspecified atom stereocenters. The van der Waals surface area contributed by atoms with E-state index < -0.39 is 23.8 Å². The largest absolute Gasteiger partial charge is 0.309 e. The Morgan fingerprint density at radius 2 is 2.16 bits per heavy atom. The minimum Gasteiger partial charge on any atom is -0.309 e. The van der Waals surface area contributed by atoms with Gasteiger partial charge in [-0.05, 0) is 18.8 Å². The zero-order valence-corrected chi connectivity index (χ0v) is 17.5. The number of nitrogens with zero attached hydrogens (tertiary/aromatic N) is 4. The second-order valence-electron chi connectivity index (χ2n) is 8.25. The average molecular weight is 445 g/mol. The lowest BCUT2D eigenvalue weighted by Crippen LogP contribution is -2.15. The molecule has 10 heteroatoms. The van der Waals surface area contributed by atoms with E-state index in [1.54, 1.807) is 23.0 Å². The Morgan fingerprint density at radius 1 is 1.39 bits per heavy atom. The highest BCUT2D eigenvalue weighted by atomic mass is 35.5. The van der Waals surface area contributed by atoms with Gasteiger partial charge in [0, 0.05) is 22.7 Å². The first-order valence-corrected chi connectivity index (χ1v) is 10.3. The van der Waals surface area contributed by atoms with Crippen molar-refractivity contribution in [3.05, 3.63) is 41.2 Å². The maximum Gasteiger partial charge on any atom is 0.231 e. The number of aromatic amines is 1. The molecule has 3 aromatic heterocycles. The van der Waals surface area contributed by atoms with Crippen LogP contribution in [0.1, 0.15) is 25.8 Å². The van der Waals surface area contributed by atoms with Gasteiger partial charge in [-0.1, -0.05) is 25.4 Å². The number of hydrogen-bond donors (Lipinski definition) is 2. The average Bonchev–Trinajstić information content (AvgIpc) is 3.11. The first kappa shape index (κ1) is 19.9. The Balaban J connectivity index is 1.57. The quantitative estimate of drug-likeness (QED) is 0.472. The maximum absolute atomic E-state index is 15.2. The van der Waals surface area contributed by atoms with Crippen molar-refractivity contribution in [3.8, 4) is 11.3 Å². The fraction of sp³-hybridized carbons (Fsp3) is 0.333. The molecule has 1 amide bonds. The molecule has 2 N–H and O–H groups in total. The molecule has 3 heterocycles. The second-order valence-corrected chi connectivity index (χ2v) is 8.63. The monoisotopic (exact) mass is 444 g/mol. The van der Waals surface area contributed by atoms with Gasteiger partial charge in [-0.25, -0.2) is 13.8 Å². The first-order valence-electron chi connectivity index (χ1n) is 9.96. The second kappa shape index (κ2) is 7.26. The number of rotatable bonds is 5. The molecule has 1 aromatic carbocycles. The normalized spacial score (nSPS) is 18.3. The number of hydrogen-bond acceptors (Lipinski definition) is 4. The summed E-state index contributed by atoms with van der Waals surface area (Å²) in [5.41, 5.74) is 2.42. The predicted molar refractivity (Wildman–Crippen MR) is 113 cm³/mol. The maximum atomic E-state index is 15.2. The van der Waals surface area contributed by atoms with Crippen molar-refractivity contribution < 1.29 is 13.6 Å². The van der Waals surface area contributed by atoms with E-state index in [9.17, 15) is 9.18 Å². The molecule has 2 atom stereocenters. The Bertz CT molecular complexity index is 1330. The number of carbonyl (C=O) groups is 1. The Labute approximate surface area is 180 Å². The number of fused-ring (bicyclic) bond motifs is 2. The molecule has 1 saturated carbocycles. The molecule has 7 nitrogen and oxygen atoms in total. The van der Waals surface area contributed by atoms with Crippen LogP contribution in [0, 0.1) is 17.7 Å². The van der Waals surface area contributed by atoms with Gasteiger partial charge in [0.15, 0.2) is 11.5 Å². The lowest BCUT2D eigenvalue weighted by Gasteiger charge is -2.13. The van der Waals surface area contributed by atoms with Crippen molar-refractivity contribution >= 4 is 39.9 Å². The number of aromatic nitrogens is 5. The van der Waals surface area contributed by atoms with Gasteiger partial charge in [-0.15, -0.1) is 0 Å². The number of alkyl halides is 1. The smallest absolute Gasteiger partial charge is 0.231 e. The summed E-state index contributed by atoms with van der Waals surface area (Å²) >= 11 is 6.46. The molecular formula is C21H19ClF2N6O. The number of benzene rings is 1. The number of carbonyl (C=O) groups excluding carboxylic acids is 1. The summed E-state index contributed by atoms with van der Waals surface area (Å²) in [5, 5.41) is 10.2. The van der Waals surface area contributed by atoms with Gasteiger partial charge in [-0.2, -0.15) is 5.10 Å². The number of amides is 1. The zero-order valence-electron chi connectivity index (χ0n) is 16.8. The molecule has 4 aromatic rings. The van der Waals surface area contributed by atoms with Crippen LogP contribution in [0.3, 0.4) is 0 Å². The highest BCUT2D eigenvalue weighted by Gasteiger charge is 2.43. The molecule has 0 spiro atoms. The van der Waals surface area contributed by atoms with E-state index in [-0.39, 0.29) is 17.4 Å². The van der Waals surface area contributed by atoms with Crippen LogP contribution in [0.15, 0.2) is 24.8 Å². The summed E-state index contributed by atoms with van der Waals surface area (Å²) in [6.07, 6.45) is 6.03. The van der Waals surface area contributed by atoms with Crippen LogP contribution in [0.25, 0.3) is 27.8 Å². The van der Waals surface area contributed by atoms with Crippen molar-refractivity contribution in [3.63, 3.8) is 0 Å². The number of halogens is 3. The van der Waals surface area contributed by atoms with Gasteiger partial charge in [0.1, 0.15) is 12.0 Å². The molecule has 31 heavy (non-hydrogen) atoms. The number of imidazole rings is 1. The molecule has 0 saturated heterocycles. The summed E-state index contributed by atoms with van der Waals surface area (Å²) in [5.74, 6) is -0.969. The predicted octanol–water partition coefficient (Wildman–Crippen LogP) is 4.56. The molecule has 1 aliphatic rings. The molecule has 0 aliphatic heterocycles. The van der Waals surface area contributed by atoms with Gasteiger partial charge < -0.3 is 9.72 Å². The van der Waals surface area contributed by atoms with Gasteiger partial charge >= 0.3 is 0 Å². The van der Waals surface area contributed by atoms with Crippen molar-refractivity contribution in [1.82, 2.24) is 24.6 Å². The van der Waals surface area contributed by atoms with Gasteiger partial charge in [0.2, 0.25) is 5.91 Å². The van der Waals surface area contributed by atoms with Crippen molar-refractivity contribution in [2.45, 2.75) is 32.9 Å². The van der Waals surface area contributed by atoms with Gasteiger partial charge in [-0.3, -0.25) is 14.9 Å². The van der Waals surface area contributed by atoms with E-state index in [0.717, 1.165) is 0 Å². The minimum atomic E-state index is -1.08. The summed E-state index contributed by atoms with van der Waals surface area (Å²) in [4.78, 5) is 20.7. The van der Waals surface area contributed by atoms with E-state index in [4.69, 9.17) is 11.6 Å². The third-order valence-corrected chi connectivity index (χ3v) is 5.75. The van der Waals surface area contributed by atoms with Crippen LogP contribution < -0.4 is 5.32 Å². The van der Waals surface area contributed by atoms with E-state index >= 15 is 4.39 Å². The molecule has 0 bridgehead atoms. The summed E-state index contributed by atoms with van der Waals surface area (Å²) in [6.45, 7) is 4.01. The van der Waals surface area contributed by atoms with E-state index in [0.29, 0.717) is 45.6 Å². The van der Waals surface area contributed by atoms with Crippen LogP contribution in [-0.4, -0.2) is 36.6 Å². The van der Waals surface area contributed by atoms with Crippen LogP contribution in [-0.2, 0) is 11.2 Å². The number of anilines is 1. The third kappa shape index (κ3) is 3.42. The molecule has 160 valence electrons. The highest BCUT2D eigenvalue weighted by molar-refractivity contribution is 6.35. The molecular weight excluding hydrogens is 426 g/mol. The lowest BCUT2D eigenvalue weighted by molar-refractivity contribution is -0.117. The fourth-order valence-corrected chi connectivity index (χ4v) is 4.08. The van der Waals surface area contributed by atoms with Crippen LogP contribution in [0.5, 0.6) is 0 Å². The Hall–Kier alpha value is -3.07. The van der Waals surface area contributed by atoms with E-state index in [1.807, 2.05) is 13.8 Å². The number of H-pyrrole nitrogens is 1. The summed E-state index contributed by atoms with van der Waals surface area (Å²) in [6, 6.07) is 0. The molecule has 5 rings (SSSR count). The van der Waals surface area contributed by atoms with Crippen LogP contribution in [0.2, 0.25) is 5.02 Å². The molecule has 1 fully saturated rings. The molecule has 1 aliphatic carbocycles. The van der Waals surface area contributed by atoms with Crippen molar-refractivity contribution in [2.24, 2.45) is 11.8 Å². The third-order valence-electron chi connectivity index (χ3n) is 5.40. The van der Waals surface area contributed by atoms with E-state index in [2.05, 4.69) is 25.5 Å². The van der Waals surface area contributed by atoms with Gasteiger partial charge in [0.25, 0.3) is 0 Å². The number of nitrogens with one attached hydrogen (secondary N) is 2. The van der Waals surface area contributed by atoms with E-state index in [1.165, 1.54) is 6.20 Å². The van der Waals surface area contributed by atoms with Crippen molar-refractivity contribution in [2.75, 3.05) is 5.32 Å². The topological polar surface area (TPSA) is 88.0 Å². The minimum absolute atomic E-state index is 0.0206. The summed E-state index contributed by atoms with van der Waals surface area (Å²) < 4.78 is 29.9. The molecule has 0 radical (unpaired) electrons. The van der Waals surface area contributed by atoms with Crippen molar-refractivity contribution in [1.29, 1.82) is 0 Å². The fourth-order valence-electron chi connectivity index (χ4n) is 3.77. The SMILES string of the molecule is CC(C)Cc1c(F)c(Cl)c(-c2cn3cc(NC(=O)C4CC4F)nc3cn2)c2cn[nH]c12. The van der Waals surface area contributed by atoms with Crippen LogP contribution >= 0.6 is 11.6 Å². The standard InChI is InChI=1S/C21H19ClF2N6O/c1-9(2)3-11-19(24)18(22)17(12-5-26-29-20(11)12)14-7-30-8-15(27-16(30)6-25-14)28-21(31)10-4-13(10)23/h5-10,13H,3-4H2,1-2H3,(H,26,29)(H,28,31). The van der Waals surface area contributed by atoms with Gasteiger partial charge in [0.05, 0.1) is 40.7 Å². The highest BCUT2D eigenvalue weighted by Crippen LogP contribution is 2.39. The lowest BCUT2D eigenvalue weighted by atomic mass is 9.96. The van der Waals surface area contributed by atoms with Crippen LogP contribution in [0.4, 0.5) is 14.6 Å².